The lowest BCUT2D eigenvalue weighted by molar-refractivity contribution is 0.422. The minimum Gasteiger partial charge on any atom is -0.383 e. The van der Waals surface area contributed by atoms with Crippen LogP contribution in [0.1, 0.15) is 32.8 Å². The molecule has 0 saturated carbocycles. The molecule has 3 N–H and O–H groups in total. The number of nitrogens with one attached hydrogen (secondary N) is 1. The predicted octanol–water partition coefficient (Wildman–Crippen LogP) is 1.98. The average molecular weight is 207 g/mol. The maximum atomic E-state index is 5.76. The molecule has 3 heteroatoms. The predicted molar refractivity (Wildman–Crippen MR) is 64.7 cm³/mol. The molecule has 0 aliphatic heterocycles. The molecule has 15 heavy (non-hydrogen) atoms. The Bertz CT molecular complexity index is 302. The molecule has 0 aromatic carbocycles. The van der Waals surface area contributed by atoms with Gasteiger partial charge in [-0.3, -0.25) is 0 Å². The van der Waals surface area contributed by atoms with Crippen LogP contribution in [-0.4, -0.2) is 17.1 Å². The number of aryl methyl sites for hydroxylation is 1. The van der Waals surface area contributed by atoms with Gasteiger partial charge in [0, 0.05) is 11.7 Å². The number of hydrogen-bond donors (Lipinski definition) is 2. The van der Waals surface area contributed by atoms with Crippen LogP contribution in [-0.2, 0) is 6.42 Å². The summed E-state index contributed by atoms with van der Waals surface area (Å²) in [6.45, 7) is 7.53. The van der Waals surface area contributed by atoms with Gasteiger partial charge in [-0.1, -0.05) is 6.07 Å². The van der Waals surface area contributed by atoms with E-state index in [0.29, 0.717) is 5.82 Å². The van der Waals surface area contributed by atoms with Gasteiger partial charge in [0.2, 0.25) is 0 Å². The fraction of sp³-hybridized carbons (Fsp3) is 0.583. The van der Waals surface area contributed by atoms with E-state index in [1.165, 1.54) is 0 Å². The van der Waals surface area contributed by atoms with Gasteiger partial charge in [0.15, 0.2) is 0 Å². The minimum atomic E-state index is 0.195. The number of rotatable bonds is 4. The number of hydrogen-bond acceptors (Lipinski definition) is 3. The number of nitrogen functional groups attached to an aromatic ring is 1. The van der Waals surface area contributed by atoms with E-state index in [4.69, 9.17) is 5.73 Å². The monoisotopic (exact) mass is 207 g/mol. The lowest BCUT2D eigenvalue weighted by Crippen LogP contribution is -2.36. The van der Waals surface area contributed by atoms with Crippen LogP contribution in [0, 0.1) is 0 Å². The molecule has 0 saturated heterocycles. The lowest BCUT2D eigenvalue weighted by atomic mass is 10.1. The first-order valence-electron chi connectivity index (χ1n) is 5.43. The zero-order valence-corrected chi connectivity index (χ0v) is 9.88. The third kappa shape index (κ3) is 4.79. The molecule has 0 bridgehead atoms. The summed E-state index contributed by atoms with van der Waals surface area (Å²) in [5.74, 6) is 0.660. The van der Waals surface area contributed by atoms with Gasteiger partial charge in [0.05, 0.1) is 0 Å². The molecule has 0 fully saturated rings. The topological polar surface area (TPSA) is 50.9 Å². The highest BCUT2D eigenvalue weighted by atomic mass is 14.9. The molecule has 0 spiro atoms. The van der Waals surface area contributed by atoms with Crippen molar-refractivity contribution in [1.29, 1.82) is 0 Å². The van der Waals surface area contributed by atoms with Gasteiger partial charge < -0.3 is 11.1 Å². The molecule has 1 aromatic heterocycles. The quantitative estimate of drug-likeness (QED) is 0.742. The van der Waals surface area contributed by atoms with Crippen LogP contribution in [0.3, 0.4) is 0 Å². The summed E-state index contributed by atoms with van der Waals surface area (Å²) in [4.78, 5) is 4.06. The summed E-state index contributed by atoms with van der Waals surface area (Å²) in [5, 5.41) is 3.45. The zero-order chi connectivity index (χ0) is 11.3. The SMILES string of the molecule is CC(C)(C)NCCCc1cccnc1N. The van der Waals surface area contributed by atoms with E-state index >= 15 is 0 Å². The Kier molecular flexibility index (Phi) is 4.09. The highest BCUT2D eigenvalue weighted by molar-refractivity contribution is 5.38. The van der Waals surface area contributed by atoms with Crippen LogP contribution in [0.25, 0.3) is 0 Å². The molecule has 1 heterocycles. The fourth-order valence-electron chi connectivity index (χ4n) is 1.40. The van der Waals surface area contributed by atoms with E-state index in [1.54, 1.807) is 6.20 Å². The van der Waals surface area contributed by atoms with Crippen molar-refractivity contribution in [2.24, 2.45) is 0 Å². The van der Waals surface area contributed by atoms with Crippen LogP contribution in [0.15, 0.2) is 18.3 Å². The second-order valence-electron chi connectivity index (χ2n) is 4.83. The molecule has 3 nitrogen and oxygen atoms in total. The molecular formula is C12H21N3. The summed E-state index contributed by atoms with van der Waals surface area (Å²) in [7, 11) is 0. The summed E-state index contributed by atoms with van der Waals surface area (Å²) < 4.78 is 0. The summed E-state index contributed by atoms with van der Waals surface area (Å²) in [6.07, 6.45) is 3.81. The first kappa shape index (κ1) is 12.0. The molecule has 1 aromatic rings. The maximum absolute atomic E-state index is 5.76. The molecule has 0 radical (unpaired) electrons. The minimum absolute atomic E-state index is 0.195. The van der Waals surface area contributed by atoms with Crippen molar-refractivity contribution in [3.8, 4) is 0 Å². The fourth-order valence-corrected chi connectivity index (χ4v) is 1.40. The molecular weight excluding hydrogens is 186 g/mol. The second-order valence-corrected chi connectivity index (χ2v) is 4.83. The average Bonchev–Trinajstić information content (AvgIpc) is 2.13. The zero-order valence-electron chi connectivity index (χ0n) is 9.88. The smallest absolute Gasteiger partial charge is 0.126 e. The van der Waals surface area contributed by atoms with Crippen molar-refractivity contribution >= 4 is 5.82 Å². The van der Waals surface area contributed by atoms with Gasteiger partial charge in [-0.05, 0) is 51.8 Å². The Morgan fingerprint density at radius 3 is 2.73 bits per heavy atom. The second kappa shape index (κ2) is 5.12. The highest BCUT2D eigenvalue weighted by Crippen LogP contribution is 2.09. The van der Waals surface area contributed by atoms with E-state index in [1.807, 2.05) is 12.1 Å². The number of anilines is 1. The van der Waals surface area contributed by atoms with Crippen LogP contribution >= 0.6 is 0 Å². The first-order chi connectivity index (χ1) is 6.99. The van der Waals surface area contributed by atoms with Crippen LogP contribution in [0.5, 0.6) is 0 Å². The van der Waals surface area contributed by atoms with E-state index in [0.717, 1.165) is 24.9 Å². The van der Waals surface area contributed by atoms with Crippen LogP contribution in [0.4, 0.5) is 5.82 Å². The molecule has 0 unspecified atom stereocenters. The standard InChI is InChI=1S/C12H21N3/c1-12(2,3)15-9-5-7-10-6-4-8-14-11(10)13/h4,6,8,15H,5,7,9H2,1-3H3,(H2,13,14). The summed E-state index contributed by atoms with van der Waals surface area (Å²) >= 11 is 0. The van der Waals surface area contributed by atoms with Gasteiger partial charge in [0.25, 0.3) is 0 Å². The van der Waals surface area contributed by atoms with Gasteiger partial charge >= 0.3 is 0 Å². The number of pyridine rings is 1. The Labute approximate surface area is 92.1 Å². The lowest BCUT2D eigenvalue weighted by Gasteiger charge is -2.20. The van der Waals surface area contributed by atoms with E-state index in [9.17, 15) is 0 Å². The Morgan fingerprint density at radius 1 is 1.40 bits per heavy atom. The van der Waals surface area contributed by atoms with Gasteiger partial charge in [-0.2, -0.15) is 0 Å². The van der Waals surface area contributed by atoms with Crippen molar-refractivity contribution in [2.45, 2.75) is 39.2 Å². The third-order valence-corrected chi connectivity index (χ3v) is 2.20. The van der Waals surface area contributed by atoms with E-state index in [-0.39, 0.29) is 5.54 Å². The number of aromatic nitrogens is 1. The van der Waals surface area contributed by atoms with Gasteiger partial charge in [-0.15, -0.1) is 0 Å². The third-order valence-electron chi connectivity index (χ3n) is 2.20. The molecule has 0 amide bonds. The summed E-state index contributed by atoms with van der Waals surface area (Å²) in [5.41, 5.74) is 7.10. The van der Waals surface area contributed by atoms with Crippen molar-refractivity contribution < 1.29 is 0 Å². The first-order valence-corrected chi connectivity index (χ1v) is 5.43. The van der Waals surface area contributed by atoms with Gasteiger partial charge in [0.1, 0.15) is 5.82 Å². The van der Waals surface area contributed by atoms with E-state index in [2.05, 4.69) is 31.1 Å². The Hall–Kier alpha value is -1.09. The highest BCUT2D eigenvalue weighted by Gasteiger charge is 2.07. The number of nitrogens with zero attached hydrogens (tertiary/aromatic N) is 1. The number of nitrogens with two attached hydrogens (primary N) is 1. The normalized spacial score (nSPS) is 11.7. The van der Waals surface area contributed by atoms with Crippen molar-refractivity contribution in [2.75, 3.05) is 12.3 Å². The van der Waals surface area contributed by atoms with E-state index < -0.39 is 0 Å². The maximum Gasteiger partial charge on any atom is 0.126 e. The molecule has 1 rings (SSSR count). The molecule has 0 aliphatic rings. The molecule has 84 valence electrons. The van der Waals surface area contributed by atoms with Crippen molar-refractivity contribution in [3.63, 3.8) is 0 Å². The summed E-state index contributed by atoms with van der Waals surface area (Å²) in [6, 6.07) is 3.97. The molecule has 0 atom stereocenters. The van der Waals surface area contributed by atoms with Gasteiger partial charge in [-0.25, -0.2) is 4.98 Å². The largest absolute Gasteiger partial charge is 0.383 e. The van der Waals surface area contributed by atoms with Crippen molar-refractivity contribution in [1.82, 2.24) is 10.3 Å². The van der Waals surface area contributed by atoms with Crippen LogP contribution < -0.4 is 11.1 Å². The van der Waals surface area contributed by atoms with Crippen molar-refractivity contribution in [3.05, 3.63) is 23.9 Å². The Balaban J connectivity index is 2.30. The van der Waals surface area contributed by atoms with Crippen LogP contribution in [0.2, 0.25) is 0 Å². The Morgan fingerprint density at radius 2 is 2.13 bits per heavy atom. The molecule has 0 aliphatic carbocycles.